The van der Waals surface area contributed by atoms with E-state index in [4.69, 9.17) is 18.9 Å². The second-order valence-electron chi connectivity index (χ2n) is 9.98. The molecule has 0 aromatic heterocycles. The molecule has 2 heterocycles. The average Bonchev–Trinajstić information content (AvgIpc) is 2.74. The van der Waals surface area contributed by atoms with Crippen LogP contribution in [0.25, 0.3) is 0 Å². The lowest BCUT2D eigenvalue weighted by molar-refractivity contribution is -0.374. The highest BCUT2D eigenvalue weighted by atomic mass is 16.8. The van der Waals surface area contributed by atoms with Gasteiger partial charge in [-0.2, -0.15) is 0 Å². The average molecular weight is 483 g/mol. The van der Waals surface area contributed by atoms with Crippen molar-refractivity contribution in [3.05, 3.63) is 0 Å². The Labute approximate surface area is 194 Å². The van der Waals surface area contributed by atoms with Gasteiger partial charge in [-0.05, 0) is 39.0 Å². The molecule has 7 N–H and O–H groups in total. The molecule has 0 aromatic rings. The molecule has 2 aliphatic rings. The summed E-state index contributed by atoms with van der Waals surface area (Å²) in [5.41, 5.74) is -1.26. The van der Waals surface area contributed by atoms with Crippen LogP contribution in [0.3, 0.4) is 0 Å². The Morgan fingerprint density at radius 2 is 1.39 bits per heavy atom. The van der Waals surface area contributed by atoms with E-state index in [-0.39, 0.29) is 0 Å². The predicted octanol–water partition coefficient (Wildman–Crippen LogP) is -1.38. The summed E-state index contributed by atoms with van der Waals surface area (Å²) < 4.78 is 23.1. The summed E-state index contributed by atoms with van der Waals surface area (Å²) in [7, 11) is 0. The van der Waals surface area contributed by atoms with Gasteiger partial charge < -0.3 is 54.7 Å². The summed E-state index contributed by atoms with van der Waals surface area (Å²) in [5, 5.41) is 71.7. The van der Waals surface area contributed by atoms with Crippen molar-refractivity contribution in [3.63, 3.8) is 0 Å². The Morgan fingerprint density at radius 1 is 0.818 bits per heavy atom. The summed E-state index contributed by atoms with van der Waals surface area (Å²) in [6, 6.07) is 0. The predicted molar refractivity (Wildman–Crippen MR) is 115 cm³/mol. The molecule has 0 spiro atoms. The zero-order chi connectivity index (χ0) is 25.1. The fourth-order valence-corrected chi connectivity index (χ4v) is 4.07. The van der Waals surface area contributed by atoms with Gasteiger partial charge >= 0.3 is 0 Å². The summed E-state index contributed by atoms with van der Waals surface area (Å²) >= 11 is 0. The van der Waals surface area contributed by atoms with Gasteiger partial charge in [-0.25, -0.2) is 0 Å². The van der Waals surface area contributed by atoms with Crippen molar-refractivity contribution in [1.29, 1.82) is 0 Å². The first-order valence-electron chi connectivity index (χ1n) is 11.7. The molecule has 0 amide bonds. The second kappa shape index (κ2) is 12.0. The SMILES string of the molecule is CCC1OC(OC(CCC(C)C)C(C)(C)O)C(OC2OC(CO)C(O)C(O)C2O)C(O)C1O. The largest absolute Gasteiger partial charge is 0.394 e. The highest BCUT2D eigenvalue weighted by molar-refractivity contribution is 4.94. The maximum atomic E-state index is 10.8. The van der Waals surface area contributed by atoms with E-state index in [0.29, 0.717) is 18.8 Å². The van der Waals surface area contributed by atoms with E-state index in [9.17, 15) is 35.7 Å². The van der Waals surface area contributed by atoms with E-state index >= 15 is 0 Å². The Bertz CT molecular complexity index is 581. The molecule has 11 atom stereocenters. The minimum atomic E-state index is -1.71. The molecule has 0 aliphatic carbocycles. The summed E-state index contributed by atoms with van der Waals surface area (Å²) in [6.45, 7) is 8.38. The fourth-order valence-electron chi connectivity index (χ4n) is 4.07. The topological polar surface area (TPSA) is 179 Å². The van der Waals surface area contributed by atoms with Crippen LogP contribution in [0.1, 0.15) is 53.9 Å². The normalized spacial score (nSPS) is 41.4. The zero-order valence-electron chi connectivity index (χ0n) is 20.0. The smallest absolute Gasteiger partial charge is 0.187 e. The number of aliphatic hydroxyl groups excluding tert-OH is 6. The maximum Gasteiger partial charge on any atom is 0.187 e. The van der Waals surface area contributed by atoms with Crippen LogP contribution in [0.4, 0.5) is 0 Å². The Morgan fingerprint density at radius 3 is 1.91 bits per heavy atom. The molecular weight excluding hydrogens is 440 g/mol. The monoisotopic (exact) mass is 482 g/mol. The van der Waals surface area contributed by atoms with E-state index in [0.717, 1.165) is 6.42 Å². The van der Waals surface area contributed by atoms with Crippen molar-refractivity contribution in [2.75, 3.05) is 6.61 Å². The third-order valence-electron chi connectivity index (χ3n) is 6.28. The van der Waals surface area contributed by atoms with Crippen LogP contribution in [0, 0.1) is 5.92 Å². The van der Waals surface area contributed by atoms with Gasteiger partial charge in [-0.15, -0.1) is 0 Å². The molecule has 11 heteroatoms. The first-order valence-corrected chi connectivity index (χ1v) is 11.7. The van der Waals surface area contributed by atoms with Crippen molar-refractivity contribution in [2.45, 2.75) is 127 Å². The highest BCUT2D eigenvalue weighted by Crippen LogP contribution is 2.33. The van der Waals surface area contributed by atoms with Gasteiger partial charge in [0.25, 0.3) is 0 Å². The van der Waals surface area contributed by atoms with Gasteiger partial charge in [-0.1, -0.05) is 20.8 Å². The van der Waals surface area contributed by atoms with Crippen molar-refractivity contribution in [3.8, 4) is 0 Å². The molecule has 0 saturated carbocycles. The lowest BCUT2D eigenvalue weighted by Gasteiger charge is -2.47. The van der Waals surface area contributed by atoms with Crippen molar-refractivity contribution in [1.82, 2.24) is 0 Å². The van der Waals surface area contributed by atoms with Gasteiger partial charge in [0, 0.05) is 0 Å². The standard InChI is InChI=1S/C22H42O11/c1-6-11-14(24)17(27)19(33-20-18(28)16(26)15(25)12(9-23)31-20)21(30-11)32-13(22(4,5)29)8-7-10(2)3/h10-21,23-29H,6-9H2,1-5H3. The summed E-state index contributed by atoms with van der Waals surface area (Å²) in [6.07, 6.45) is -13.0. The van der Waals surface area contributed by atoms with E-state index < -0.39 is 79.7 Å². The molecule has 2 saturated heterocycles. The first kappa shape index (κ1) is 28.8. The van der Waals surface area contributed by atoms with Crippen LogP contribution in [-0.2, 0) is 18.9 Å². The molecule has 2 fully saturated rings. The number of ether oxygens (including phenoxy) is 4. The van der Waals surface area contributed by atoms with Gasteiger partial charge in [0.2, 0.25) is 0 Å². The molecule has 11 unspecified atom stereocenters. The van der Waals surface area contributed by atoms with Gasteiger partial charge in [0.05, 0.1) is 24.4 Å². The molecular formula is C22H42O11. The number of aliphatic hydroxyl groups is 7. The summed E-state index contributed by atoms with van der Waals surface area (Å²) in [4.78, 5) is 0. The maximum absolute atomic E-state index is 10.8. The number of hydrogen-bond acceptors (Lipinski definition) is 11. The molecule has 2 aliphatic heterocycles. The molecule has 11 nitrogen and oxygen atoms in total. The number of rotatable bonds is 10. The Hall–Kier alpha value is -0.440. The minimum absolute atomic E-state index is 0.350. The van der Waals surface area contributed by atoms with Gasteiger partial charge in [0.1, 0.15) is 42.7 Å². The third kappa shape index (κ3) is 7.05. The van der Waals surface area contributed by atoms with E-state index in [1.54, 1.807) is 20.8 Å². The van der Waals surface area contributed by atoms with Crippen LogP contribution in [0.2, 0.25) is 0 Å². The Balaban J connectivity index is 2.27. The van der Waals surface area contributed by atoms with E-state index in [2.05, 4.69) is 0 Å². The van der Waals surface area contributed by atoms with Crippen LogP contribution >= 0.6 is 0 Å². The first-order chi connectivity index (χ1) is 15.3. The van der Waals surface area contributed by atoms with E-state index in [1.807, 2.05) is 13.8 Å². The van der Waals surface area contributed by atoms with Crippen LogP contribution in [0.5, 0.6) is 0 Å². The van der Waals surface area contributed by atoms with Crippen LogP contribution < -0.4 is 0 Å². The molecule has 33 heavy (non-hydrogen) atoms. The van der Waals surface area contributed by atoms with Crippen molar-refractivity contribution < 1.29 is 54.7 Å². The lowest BCUT2D eigenvalue weighted by Crippen LogP contribution is -2.64. The minimum Gasteiger partial charge on any atom is -0.394 e. The molecule has 196 valence electrons. The Kier molecular flexibility index (Phi) is 10.5. The quantitative estimate of drug-likeness (QED) is 0.195. The number of hydrogen-bond donors (Lipinski definition) is 7. The molecule has 0 bridgehead atoms. The molecule has 0 radical (unpaired) electrons. The summed E-state index contributed by atoms with van der Waals surface area (Å²) in [5.74, 6) is 0.350. The van der Waals surface area contributed by atoms with Crippen LogP contribution in [-0.4, -0.2) is 115 Å². The molecule has 2 rings (SSSR count). The zero-order valence-corrected chi connectivity index (χ0v) is 20.0. The van der Waals surface area contributed by atoms with Crippen molar-refractivity contribution in [2.24, 2.45) is 5.92 Å². The van der Waals surface area contributed by atoms with Gasteiger partial charge in [0.15, 0.2) is 12.6 Å². The van der Waals surface area contributed by atoms with Crippen molar-refractivity contribution >= 4 is 0 Å². The highest BCUT2D eigenvalue weighted by Gasteiger charge is 2.51. The third-order valence-corrected chi connectivity index (χ3v) is 6.28. The second-order valence-corrected chi connectivity index (χ2v) is 9.98. The molecule has 0 aromatic carbocycles. The lowest BCUT2D eigenvalue weighted by atomic mass is 9.93. The van der Waals surface area contributed by atoms with Gasteiger partial charge in [-0.3, -0.25) is 0 Å². The van der Waals surface area contributed by atoms with Crippen LogP contribution in [0.15, 0.2) is 0 Å². The fraction of sp³-hybridized carbons (Fsp3) is 1.00. The van der Waals surface area contributed by atoms with E-state index in [1.165, 1.54) is 0 Å².